The Morgan fingerprint density at radius 2 is 2.11 bits per heavy atom. The van der Waals surface area contributed by atoms with E-state index < -0.39 is 0 Å². The summed E-state index contributed by atoms with van der Waals surface area (Å²) in [6.07, 6.45) is 7.01. The van der Waals surface area contributed by atoms with Gasteiger partial charge in [-0.2, -0.15) is 0 Å². The van der Waals surface area contributed by atoms with Crippen molar-refractivity contribution in [3.8, 4) is 0 Å². The molecule has 0 aromatic carbocycles. The summed E-state index contributed by atoms with van der Waals surface area (Å²) in [4.78, 5) is 14.6. The fraction of sp³-hybridized carbons (Fsp3) is 0.929. The van der Waals surface area contributed by atoms with Gasteiger partial charge < -0.3 is 15.0 Å². The predicted molar refractivity (Wildman–Crippen MR) is 76.6 cm³/mol. The number of carbonyl (C=O) groups excluding carboxylic acids is 1. The van der Waals surface area contributed by atoms with E-state index in [1.54, 1.807) is 0 Å². The van der Waals surface area contributed by atoms with Crippen LogP contribution in [0.3, 0.4) is 0 Å². The predicted octanol–water partition coefficient (Wildman–Crippen LogP) is 1.58. The van der Waals surface area contributed by atoms with Gasteiger partial charge in [0.05, 0.1) is 13.2 Å². The highest BCUT2D eigenvalue weighted by Crippen LogP contribution is 2.37. The Balaban J connectivity index is 0.00000133. The van der Waals surface area contributed by atoms with E-state index >= 15 is 0 Å². The molecule has 0 bridgehead atoms. The van der Waals surface area contributed by atoms with Gasteiger partial charge in [-0.15, -0.1) is 12.4 Å². The molecule has 2 aliphatic heterocycles. The number of amides is 1. The lowest BCUT2D eigenvalue weighted by molar-refractivity contribution is -0.137. The number of nitrogens with one attached hydrogen (secondary N) is 1. The van der Waals surface area contributed by atoms with Crippen LogP contribution in [0.5, 0.6) is 0 Å². The third kappa shape index (κ3) is 3.41. The van der Waals surface area contributed by atoms with E-state index in [0.717, 1.165) is 25.6 Å². The van der Waals surface area contributed by atoms with Gasteiger partial charge in [0.2, 0.25) is 5.91 Å². The van der Waals surface area contributed by atoms with Crippen LogP contribution >= 0.6 is 12.4 Å². The Labute approximate surface area is 121 Å². The number of piperidine rings is 1. The number of nitrogens with zero attached hydrogens (tertiary/aromatic N) is 1. The van der Waals surface area contributed by atoms with E-state index in [0.29, 0.717) is 25.0 Å². The van der Waals surface area contributed by atoms with Crippen molar-refractivity contribution in [3.05, 3.63) is 0 Å². The van der Waals surface area contributed by atoms with Crippen molar-refractivity contribution in [1.29, 1.82) is 0 Å². The standard InChI is InChI=1S/C14H24N2O2.ClH/c17-14(9-12-10-18-8-6-15-12)16-7-2-4-11-3-1-5-13(11)16;/h11-13,15H,1-10H2;1H. The van der Waals surface area contributed by atoms with Gasteiger partial charge in [0.25, 0.3) is 0 Å². The maximum atomic E-state index is 12.4. The fourth-order valence-electron chi connectivity index (χ4n) is 3.84. The lowest BCUT2D eigenvalue weighted by atomic mass is 9.91. The first-order valence-corrected chi connectivity index (χ1v) is 7.45. The minimum absolute atomic E-state index is 0. The SMILES string of the molecule is Cl.O=C(CC1COCCN1)N1CCCC2CCCC21. The first kappa shape index (κ1) is 15.1. The normalized spacial score (nSPS) is 34.5. The summed E-state index contributed by atoms with van der Waals surface area (Å²) in [5.41, 5.74) is 0. The van der Waals surface area contributed by atoms with Crippen LogP contribution in [0.4, 0.5) is 0 Å². The van der Waals surface area contributed by atoms with Crippen LogP contribution in [0.15, 0.2) is 0 Å². The van der Waals surface area contributed by atoms with Crippen LogP contribution in [-0.2, 0) is 9.53 Å². The molecule has 1 amide bonds. The molecule has 0 spiro atoms. The van der Waals surface area contributed by atoms with E-state index in [1.165, 1.54) is 32.1 Å². The Hall–Kier alpha value is -0.320. The molecule has 110 valence electrons. The van der Waals surface area contributed by atoms with E-state index in [2.05, 4.69) is 10.2 Å². The first-order chi connectivity index (χ1) is 8.84. The molecule has 3 aliphatic rings. The molecule has 2 heterocycles. The van der Waals surface area contributed by atoms with Crippen molar-refractivity contribution < 1.29 is 9.53 Å². The summed E-state index contributed by atoms with van der Waals surface area (Å²) in [6, 6.07) is 0.781. The topological polar surface area (TPSA) is 41.6 Å². The highest BCUT2D eigenvalue weighted by molar-refractivity contribution is 5.85. The molecule has 19 heavy (non-hydrogen) atoms. The molecule has 3 rings (SSSR count). The van der Waals surface area contributed by atoms with Crippen LogP contribution in [0.25, 0.3) is 0 Å². The van der Waals surface area contributed by atoms with Gasteiger partial charge in [0.1, 0.15) is 0 Å². The van der Waals surface area contributed by atoms with Gasteiger partial charge in [-0.3, -0.25) is 4.79 Å². The van der Waals surface area contributed by atoms with E-state index in [1.807, 2.05) is 0 Å². The number of hydrogen-bond donors (Lipinski definition) is 1. The molecule has 4 nitrogen and oxygen atoms in total. The molecule has 0 aromatic rings. The minimum Gasteiger partial charge on any atom is -0.378 e. The lowest BCUT2D eigenvalue weighted by Crippen LogP contribution is -2.50. The number of carbonyl (C=O) groups is 1. The van der Waals surface area contributed by atoms with Gasteiger partial charge in [0, 0.05) is 31.6 Å². The lowest BCUT2D eigenvalue weighted by Gasteiger charge is -2.38. The molecule has 3 atom stereocenters. The van der Waals surface area contributed by atoms with Crippen LogP contribution in [-0.4, -0.2) is 49.2 Å². The summed E-state index contributed by atoms with van der Waals surface area (Å²) in [5.74, 6) is 1.13. The van der Waals surface area contributed by atoms with E-state index in [-0.39, 0.29) is 18.4 Å². The number of rotatable bonds is 2. The highest BCUT2D eigenvalue weighted by atomic mass is 35.5. The van der Waals surface area contributed by atoms with Crippen molar-refractivity contribution >= 4 is 18.3 Å². The van der Waals surface area contributed by atoms with Gasteiger partial charge >= 0.3 is 0 Å². The third-order valence-corrected chi connectivity index (χ3v) is 4.73. The monoisotopic (exact) mass is 288 g/mol. The van der Waals surface area contributed by atoms with Crippen molar-refractivity contribution in [2.45, 2.75) is 50.6 Å². The Morgan fingerprint density at radius 3 is 2.89 bits per heavy atom. The molecule has 1 N–H and O–H groups in total. The molecule has 3 unspecified atom stereocenters. The van der Waals surface area contributed by atoms with Crippen LogP contribution in [0.2, 0.25) is 0 Å². The minimum atomic E-state index is 0. The number of hydrogen-bond acceptors (Lipinski definition) is 3. The maximum Gasteiger partial charge on any atom is 0.224 e. The van der Waals surface area contributed by atoms with E-state index in [9.17, 15) is 4.79 Å². The van der Waals surface area contributed by atoms with Crippen LogP contribution in [0, 0.1) is 5.92 Å². The van der Waals surface area contributed by atoms with Gasteiger partial charge in [0.15, 0.2) is 0 Å². The molecular formula is C14H25ClN2O2. The van der Waals surface area contributed by atoms with Gasteiger partial charge in [-0.1, -0.05) is 6.42 Å². The zero-order valence-corrected chi connectivity index (χ0v) is 12.3. The second-order valence-corrected chi connectivity index (χ2v) is 5.92. The molecule has 0 radical (unpaired) electrons. The number of fused-ring (bicyclic) bond motifs is 1. The Kier molecular flexibility index (Phi) is 5.48. The number of halogens is 1. The zero-order valence-electron chi connectivity index (χ0n) is 11.5. The molecule has 1 saturated carbocycles. The molecule has 3 fully saturated rings. The average Bonchev–Trinajstić information content (AvgIpc) is 2.87. The van der Waals surface area contributed by atoms with Crippen molar-refractivity contribution in [2.24, 2.45) is 5.92 Å². The van der Waals surface area contributed by atoms with Crippen molar-refractivity contribution in [3.63, 3.8) is 0 Å². The highest BCUT2D eigenvalue weighted by Gasteiger charge is 2.37. The molecule has 2 saturated heterocycles. The maximum absolute atomic E-state index is 12.4. The smallest absolute Gasteiger partial charge is 0.224 e. The fourth-order valence-corrected chi connectivity index (χ4v) is 3.84. The Morgan fingerprint density at radius 1 is 1.26 bits per heavy atom. The average molecular weight is 289 g/mol. The van der Waals surface area contributed by atoms with Gasteiger partial charge in [-0.05, 0) is 31.6 Å². The summed E-state index contributed by atoms with van der Waals surface area (Å²) in [6.45, 7) is 3.32. The van der Waals surface area contributed by atoms with Crippen LogP contribution < -0.4 is 5.32 Å². The molecule has 0 aromatic heterocycles. The Bertz CT molecular complexity index is 308. The molecular weight excluding hydrogens is 264 g/mol. The second kappa shape index (κ2) is 6.91. The number of morpholine rings is 1. The van der Waals surface area contributed by atoms with Gasteiger partial charge in [-0.25, -0.2) is 0 Å². The largest absolute Gasteiger partial charge is 0.378 e. The summed E-state index contributed by atoms with van der Waals surface area (Å²) in [5, 5.41) is 3.38. The number of ether oxygens (including phenoxy) is 1. The third-order valence-electron chi connectivity index (χ3n) is 4.73. The van der Waals surface area contributed by atoms with E-state index in [4.69, 9.17) is 4.74 Å². The van der Waals surface area contributed by atoms with Crippen molar-refractivity contribution in [1.82, 2.24) is 10.2 Å². The molecule has 5 heteroatoms. The number of likely N-dealkylation sites (tertiary alicyclic amines) is 1. The quantitative estimate of drug-likeness (QED) is 0.839. The second-order valence-electron chi connectivity index (χ2n) is 5.92. The zero-order chi connectivity index (χ0) is 12.4. The van der Waals surface area contributed by atoms with Crippen LogP contribution in [0.1, 0.15) is 38.5 Å². The summed E-state index contributed by atoms with van der Waals surface area (Å²) < 4.78 is 5.42. The summed E-state index contributed by atoms with van der Waals surface area (Å²) >= 11 is 0. The molecule has 1 aliphatic carbocycles. The summed E-state index contributed by atoms with van der Waals surface area (Å²) in [7, 11) is 0. The van der Waals surface area contributed by atoms with Crippen molar-refractivity contribution in [2.75, 3.05) is 26.3 Å². The first-order valence-electron chi connectivity index (χ1n) is 7.45.